The van der Waals surface area contributed by atoms with Crippen molar-refractivity contribution in [2.24, 2.45) is 5.92 Å². The molecular formula is C14H21BrFNO. The molecule has 0 amide bonds. The van der Waals surface area contributed by atoms with E-state index in [4.69, 9.17) is 4.74 Å². The molecular weight excluding hydrogens is 297 g/mol. The van der Waals surface area contributed by atoms with E-state index in [9.17, 15) is 4.39 Å². The molecule has 0 saturated heterocycles. The van der Waals surface area contributed by atoms with Gasteiger partial charge in [0.1, 0.15) is 5.82 Å². The highest BCUT2D eigenvalue weighted by Gasteiger charge is 2.02. The summed E-state index contributed by atoms with van der Waals surface area (Å²) in [5.74, 6) is 0.500. The Morgan fingerprint density at radius 1 is 1.33 bits per heavy atom. The van der Waals surface area contributed by atoms with Crippen molar-refractivity contribution < 1.29 is 9.13 Å². The van der Waals surface area contributed by atoms with Crippen LogP contribution in [0.1, 0.15) is 25.8 Å². The Labute approximate surface area is 117 Å². The van der Waals surface area contributed by atoms with Crippen LogP contribution in [0, 0.1) is 11.7 Å². The second-order valence-electron chi connectivity index (χ2n) is 4.71. The topological polar surface area (TPSA) is 21.3 Å². The van der Waals surface area contributed by atoms with Crippen LogP contribution in [-0.2, 0) is 11.3 Å². The van der Waals surface area contributed by atoms with Crippen molar-refractivity contribution in [1.82, 2.24) is 5.32 Å². The third-order valence-electron chi connectivity index (χ3n) is 2.59. The predicted molar refractivity (Wildman–Crippen MR) is 76.1 cm³/mol. The van der Waals surface area contributed by atoms with Crippen LogP contribution in [0.25, 0.3) is 0 Å². The molecule has 1 aromatic carbocycles. The zero-order valence-corrected chi connectivity index (χ0v) is 12.6. The average molecular weight is 318 g/mol. The van der Waals surface area contributed by atoms with Gasteiger partial charge >= 0.3 is 0 Å². The van der Waals surface area contributed by atoms with Crippen LogP contribution in [0.2, 0.25) is 0 Å². The van der Waals surface area contributed by atoms with Crippen LogP contribution >= 0.6 is 15.9 Å². The summed E-state index contributed by atoms with van der Waals surface area (Å²) in [7, 11) is 0. The van der Waals surface area contributed by atoms with Crippen LogP contribution in [0.3, 0.4) is 0 Å². The number of ether oxygens (including phenoxy) is 1. The van der Waals surface area contributed by atoms with Crippen molar-refractivity contribution in [2.45, 2.75) is 26.8 Å². The van der Waals surface area contributed by atoms with Crippen molar-refractivity contribution in [2.75, 3.05) is 19.8 Å². The Bertz CT molecular complexity index is 358. The molecule has 0 fully saturated rings. The second-order valence-corrected chi connectivity index (χ2v) is 5.62. The first kappa shape index (κ1) is 15.6. The standard InChI is InChI=1S/C14H21BrFNO/c1-11(2)5-7-18-8-6-17-10-12-9-13(15)3-4-14(12)16/h3-4,9,11,17H,5-8,10H2,1-2H3. The molecule has 4 heteroatoms. The lowest BCUT2D eigenvalue weighted by molar-refractivity contribution is 0.125. The Morgan fingerprint density at radius 3 is 2.83 bits per heavy atom. The summed E-state index contributed by atoms with van der Waals surface area (Å²) >= 11 is 3.33. The van der Waals surface area contributed by atoms with E-state index in [1.807, 2.05) is 0 Å². The first-order chi connectivity index (χ1) is 8.59. The molecule has 0 bridgehead atoms. The molecule has 0 atom stereocenters. The molecule has 0 aliphatic heterocycles. The Balaban J connectivity index is 2.12. The van der Waals surface area contributed by atoms with Gasteiger partial charge in [0.2, 0.25) is 0 Å². The molecule has 102 valence electrons. The third kappa shape index (κ3) is 6.47. The summed E-state index contributed by atoms with van der Waals surface area (Å²) in [5, 5.41) is 3.17. The fourth-order valence-electron chi connectivity index (χ4n) is 1.47. The first-order valence-electron chi connectivity index (χ1n) is 6.32. The summed E-state index contributed by atoms with van der Waals surface area (Å²) in [6.45, 7) is 7.09. The summed E-state index contributed by atoms with van der Waals surface area (Å²) in [5.41, 5.74) is 0.673. The van der Waals surface area contributed by atoms with Crippen molar-refractivity contribution in [1.29, 1.82) is 0 Å². The van der Waals surface area contributed by atoms with E-state index in [1.54, 1.807) is 12.1 Å². The molecule has 0 aliphatic carbocycles. The van der Waals surface area contributed by atoms with Crippen molar-refractivity contribution in [3.63, 3.8) is 0 Å². The van der Waals surface area contributed by atoms with Gasteiger partial charge in [0.25, 0.3) is 0 Å². The molecule has 1 N–H and O–H groups in total. The maximum Gasteiger partial charge on any atom is 0.127 e. The Kier molecular flexibility index (Phi) is 7.47. The van der Waals surface area contributed by atoms with E-state index in [1.165, 1.54) is 6.07 Å². The van der Waals surface area contributed by atoms with Gasteiger partial charge in [0.05, 0.1) is 6.61 Å². The van der Waals surface area contributed by atoms with Crippen LogP contribution in [-0.4, -0.2) is 19.8 Å². The number of rotatable bonds is 8. The highest BCUT2D eigenvalue weighted by atomic mass is 79.9. The third-order valence-corrected chi connectivity index (χ3v) is 3.08. The minimum atomic E-state index is -0.175. The van der Waals surface area contributed by atoms with E-state index in [2.05, 4.69) is 35.1 Å². The van der Waals surface area contributed by atoms with Gasteiger partial charge < -0.3 is 10.1 Å². The van der Waals surface area contributed by atoms with E-state index in [-0.39, 0.29) is 5.82 Å². The first-order valence-corrected chi connectivity index (χ1v) is 7.11. The SMILES string of the molecule is CC(C)CCOCCNCc1cc(Br)ccc1F. The maximum absolute atomic E-state index is 13.4. The van der Waals surface area contributed by atoms with Gasteiger partial charge in [0, 0.05) is 29.7 Å². The van der Waals surface area contributed by atoms with E-state index >= 15 is 0 Å². The minimum absolute atomic E-state index is 0.175. The fraction of sp³-hybridized carbons (Fsp3) is 0.571. The molecule has 0 unspecified atom stereocenters. The number of hydrogen-bond donors (Lipinski definition) is 1. The molecule has 0 radical (unpaired) electrons. The van der Waals surface area contributed by atoms with Gasteiger partial charge in [-0.25, -0.2) is 4.39 Å². The van der Waals surface area contributed by atoms with Crippen LogP contribution in [0.15, 0.2) is 22.7 Å². The summed E-state index contributed by atoms with van der Waals surface area (Å²) in [4.78, 5) is 0. The van der Waals surface area contributed by atoms with Crippen LogP contribution in [0.4, 0.5) is 4.39 Å². The fourth-order valence-corrected chi connectivity index (χ4v) is 1.88. The van der Waals surface area contributed by atoms with Crippen molar-refractivity contribution >= 4 is 15.9 Å². The van der Waals surface area contributed by atoms with E-state index in [0.29, 0.717) is 24.6 Å². The highest BCUT2D eigenvalue weighted by molar-refractivity contribution is 9.10. The van der Waals surface area contributed by atoms with Crippen molar-refractivity contribution in [3.8, 4) is 0 Å². The van der Waals surface area contributed by atoms with E-state index in [0.717, 1.165) is 24.0 Å². The normalized spacial score (nSPS) is 11.2. The summed E-state index contributed by atoms with van der Waals surface area (Å²) in [6, 6.07) is 4.97. The quantitative estimate of drug-likeness (QED) is 0.737. The zero-order valence-electron chi connectivity index (χ0n) is 11.0. The van der Waals surface area contributed by atoms with Crippen molar-refractivity contribution in [3.05, 3.63) is 34.1 Å². The number of benzene rings is 1. The number of halogens is 2. The smallest absolute Gasteiger partial charge is 0.127 e. The highest BCUT2D eigenvalue weighted by Crippen LogP contribution is 2.15. The Morgan fingerprint density at radius 2 is 2.11 bits per heavy atom. The van der Waals surface area contributed by atoms with Crippen LogP contribution in [0.5, 0.6) is 0 Å². The predicted octanol–water partition coefficient (Wildman–Crippen LogP) is 3.74. The molecule has 18 heavy (non-hydrogen) atoms. The molecule has 2 nitrogen and oxygen atoms in total. The minimum Gasteiger partial charge on any atom is -0.380 e. The lowest BCUT2D eigenvalue weighted by Gasteiger charge is -2.08. The van der Waals surface area contributed by atoms with Gasteiger partial charge in [-0.2, -0.15) is 0 Å². The molecule has 0 saturated carbocycles. The van der Waals surface area contributed by atoms with Gasteiger partial charge in [-0.3, -0.25) is 0 Å². The summed E-state index contributed by atoms with van der Waals surface area (Å²) < 4.78 is 19.8. The molecule has 0 spiro atoms. The molecule has 1 rings (SSSR count). The number of hydrogen-bond acceptors (Lipinski definition) is 2. The lowest BCUT2D eigenvalue weighted by atomic mass is 10.1. The maximum atomic E-state index is 13.4. The van der Waals surface area contributed by atoms with E-state index < -0.39 is 0 Å². The van der Waals surface area contributed by atoms with Gasteiger partial charge in [-0.05, 0) is 30.5 Å². The zero-order chi connectivity index (χ0) is 13.4. The monoisotopic (exact) mass is 317 g/mol. The van der Waals surface area contributed by atoms with Gasteiger partial charge in [-0.15, -0.1) is 0 Å². The average Bonchev–Trinajstić information content (AvgIpc) is 2.32. The second kappa shape index (κ2) is 8.62. The lowest BCUT2D eigenvalue weighted by Crippen LogP contribution is -2.20. The largest absolute Gasteiger partial charge is 0.380 e. The summed E-state index contributed by atoms with van der Waals surface area (Å²) in [6.07, 6.45) is 1.08. The molecule has 0 aliphatic rings. The van der Waals surface area contributed by atoms with Gasteiger partial charge in [-0.1, -0.05) is 29.8 Å². The Hall–Kier alpha value is -0.450. The molecule has 1 aromatic rings. The number of nitrogens with one attached hydrogen (secondary N) is 1. The molecule has 0 heterocycles. The van der Waals surface area contributed by atoms with Crippen LogP contribution < -0.4 is 5.32 Å². The molecule has 0 aromatic heterocycles. The van der Waals surface area contributed by atoms with Gasteiger partial charge in [0.15, 0.2) is 0 Å².